The number of imidazole rings is 1. The van der Waals surface area contributed by atoms with Gasteiger partial charge < -0.3 is 9.88 Å². The van der Waals surface area contributed by atoms with Crippen LogP contribution in [0.2, 0.25) is 0 Å². The summed E-state index contributed by atoms with van der Waals surface area (Å²) in [7, 11) is 1.72. The Hall–Kier alpha value is -2.87. The molecule has 0 spiro atoms. The fourth-order valence-electron chi connectivity index (χ4n) is 3.03. The Morgan fingerprint density at radius 1 is 1.18 bits per heavy atom. The predicted molar refractivity (Wildman–Crippen MR) is 101 cm³/mol. The lowest BCUT2D eigenvalue weighted by Gasteiger charge is -2.12. The molecule has 144 valence electrons. The number of allylic oxidation sites excluding steroid dienone is 4. The highest BCUT2D eigenvalue weighted by Gasteiger charge is 2.22. The van der Waals surface area contributed by atoms with Gasteiger partial charge in [-0.25, -0.2) is 23.1 Å². The van der Waals surface area contributed by atoms with E-state index in [1.54, 1.807) is 17.7 Å². The lowest BCUT2D eigenvalue weighted by atomic mass is 10.1. The third kappa shape index (κ3) is 3.35. The zero-order valence-electron chi connectivity index (χ0n) is 14.8. The second-order valence-electron chi connectivity index (χ2n) is 6.37. The molecular weight excluding hydrogens is 391 g/mol. The highest BCUT2D eigenvalue weighted by atomic mass is 35.5. The van der Waals surface area contributed by atoms with Crippen molar-refractivity contribution in [3.05, 3.63) is 64.4 Å². The van der Waals surface area contributed by atoms with Gasteiger partial charge in [-0.15, -0.1) is 0 Å². The number of nitrogens with zero attached hydrogens (tertiary/aromatic N) is 4. The summed E-state index contributed by atoms with van der Waals surface area (Å²) in [6.07, 6.45) is 4.11. The minimum atomic E-state index is -0.917. The molecule has 0 fully saturated rings. The molecule has 0 aliphatic heterocycles. The summed E-state index contributed by atoms with van der Waals surface area (Å²) in [6.45, 7) is 0.210. The van der Waals surface area contributed by atoms with Gasteiger partial charge in [0.1, 0.15) is 17.2 Å². The average Bonchev–Trinajstić information content (AvgIpc) is 2.99. The van der Waals surface area contributed by atoms with Gasteiger partial charge in [-0.2, -0.15) is 4.98 Å². The van der Waals surface area contributed by atoms with Crippen LogP contribution < -0.4 is 5.32 Å². The molecule has 0 saturated carbocycles. The first-order valence-electron chi connectivity index (χ1n) is 8.56. The molecule has 2 heterocycles. The van der Waals surface area contributed by atoms with Crippen molar-refractivity contribution in [2.45, 2.75) is 19.4 Å². The SMILES string of the molecule is Cn1c(C2=C(F)CCC=C2Cl)nc2cnc(NCc3ccc(F)c(F)c3)nc21. The van der Waals surface area contributed by atoms with E-state index in [1.165, 1.54) is 12.3 Å². The second-order valence-corrected chi connectivity index (χ2v) is 6.78. The van der Waals surface area contributed by atoms with Crippen molar-refractivity contribution in [2.24, 2.45) is 7.05 Å². The van der Waals surface area contributed by atoms with Crippen LogP contribution in [0.3, 0.4) is 0 Å². The lowest BCUT2D eigenvalue weighted by molar-refractivity contribution is 0.507. The van der Waals surface area contributed by atoms with E-state index in [2.05, 4.69) is 20.3 Å². The first-order valence-corrected chi connectivity index (χ1v) is 8.94. The van der Waals surface area contributed by atoms with Crippen LogP contribution in [0.15, 0.2) is 41.3 Å². The molecule has 0 radical (unpaired) electrons. The molecule has 1 aliphatic rings. The van der Waals surface area contributed by atoms with Crippen molar-refractivity contribution in [1.29, 1.82) is 0 Å². The summed E-state index contributed by atoms with van der Waals surface area (Å²) >= 11 is 6.19. The van der Waals surface area contributed by atoms with Crippen molar-refractivity contribution >= 4 is 34.3 Å². The van der Waals surface area contributed by atoms with Gasteiger partial charge >= 0.3 is 0 Å². The Bertz CT molecular complexity index is 1140. The Morgan fingerprint density at radius 2 is 2.00 bits per heavy atom. The number of rotatable bonds is 4. The molecule has 5 nitrogen and oxygen atoms in total. The Balaban J connectivity index is 1.63. The molecule has 28 heavy (non-hydrogen) atoms. The molecule has 0 unspecified atom stereocenters. The van der Waals surface area contributed by atoms with Crippen molar-refractivity contribution in [2.75, 3.05) is 5.32 Å². The molecule has 0 atom stereocenters. The fraction of sp³-hybridized carbons (Fsp3) is 0.211. The molecule has 1 aliphatic carbocycles. The highest BCUT2D eigenvalue weighted by molar-refractivity contribution is 6.37. The van der Waals surface area contributed by atoms with Gasteiger partial charge in [0.25, 0.3) is 0 Å². The zero-order valence-corrected chi connectivity index (χ0v) is 15.6. The van der Waals surface area contributed by atoms with E-state index in [0.717, 1.165) is 12.1 Å². The Kier molecular flexibility index (Phi) is 4.80. The molecule has 1 aromatic carbocycles. The van der Waals surface area contributed by atoms with E-state index >= 15 is 0 Å². The van der Waals surface area contributed by atoms with E-state index in [9.17, 15) is 13.2 Å². The van der Waals surface area contributed by atoms with Gasteiger partial charge in [0, 0.05) is 20.0 Å². The minimum Gasteiger partial charge on any atom is -0.350 e. The summed E-state index contributed by atoms with van der Waals surface area (Å²) in [4.78, 5) is 13.0. The summed E-state index contributed by atoms with van der Waals surface area (Å²) in [5.41, 5.74) is 1.80. The van der Waals surface area contributed by atoms with Gasteiger partial charge in [-0.3, -0.25) is 0 Å². The van der Waals surface area contributed by atoms with Gasteiger partial charge in [0.2, 0.25) is 5.95 Å². The molecule has 0 saturated heterocycles. The first kappa shape index (κ1) is 18.5. The summed E-state index contributed by atoms with van der Waals surface area (Å²) in [5, 5.41) is 3.28. The number of benzene rings is 1. The highest BCUT2D eigenvalue weighted by Crippen LogP contribution is 2.36. The minimum absolute atomic E-state index is 0.210. The molecule has 0 bridgehead atoms. The van der Waals surface area contributed by atoms with Crippen LogP contribution in [-0.4, -0.2) is 19.5 Å². The largest absolute Gasteiger partial charge is 0.350 e. The van der Waals surface area contributed by atoms with Gasteiger partial charge in [0.05, 0.1) is 16.8 Å². The van der Waals surface area contributed by atoms with Crippen LogP contribution in [-0.2, 0) is 13.6 Å². The van der Waals surface area contributed by atoms with E-state index in [4.69, 9.17) is 11.6 Å². The van der Waals surface area contributed by atoms with Crippen LogP contribution in [0.5, 0.6) is 0 Å². The third-order valence-electron chi connectivity index (χ3n) is 4.47. The van der Waals surface area contributed by atoms with Crippen LogP contribution in [0.1, 0.15) is 24.2 Å². The Morgan fingerprint density at radius 3 is 2.75 bits per heavy atom. The molecular formula is C19H15ClF3N5. The third-order valence-corrected chi connectivity index (χ3v) is 4.81. The quantitative estimate of drug-likeness (QED) is 0.674. The maximum Gasteiger partial charge on any atom is 0.225 e. The number of fused-ring (bicyclic) bond motifs is 1. The van der Waals surface area contributed by atoms with Gasteiger partial charge in [-0.1, -0.05) is 23.7 Å². The van der Waals surface area contributed by atoms with Gasteiger partial charge in [-0.05, 0) is 24.1 Å². The number of aryl methyl sites for hydroxylation is 1. The number of halogens is 4. The number of aromatic nitrogens is 4. The normalized spacial score (nSPS) is 14.5. The number of anilines is 1. The van der Waals surface area contributed by atoms with E-state index in [-0.39, 0.29) is 30.3 Å². The van der Waals surface area contributed by atoms with Crippen molar-refractivity contribution in [3.8, 4) is 0 Å². The lowest BCUT2D eigenvalue weighted by Crippen LogP contribution is -2.06. The van der Waals surface area contributed by atoms with Crippen molar-refractivity contribution in [3.63, 3.8) is 0 Å². The van der Waals surface area contributed by atoms with Crippen LogP contribution in [0, 0.1) is 11.6 Å². The number of hydrogen-bond acceptors (Lipinski definition) is 4. The fourth-order valence-corrected chi connectivity index (χ4v) is 3.33. The Labute approximate surface area is 163 Å². The van der Waals surface area contributed by atoms with E-state index in [0.29, 0.717) is 34.0 Å². The van der Waals surface area contributed by atoms with E-state index in [1.807, 2.05) is 0 Å². The topological polar surface area (TPSA) is 55.6 Å². The van der Waals surface area contributed by atoms with Crippen LogP contribution >= 0.6 is 11.6 Å². The monoisotopic (exact) mass is 405 g/mol. The second kappa shape index (κ2) is 7.27. The smallest absolute Gasteiger partial charge is 0.225 e. The van der Waals surface area contributed by atoms with Crippen molar-refractivity contribution in [1.82, 2.24) is 19.5 Å². The van der Waals surface area contributed by atoms with E-state index < -0.39 is 11.6 Å². The first-order chi connectivity index (χ1) is 13.4. The standard InChI is InChI=1S/C19H15ClF3N5/c1-28-17-15(26-18(28)16-11(20)3-2-4-13(16)22)9-25-19(27-17)24-8-10-5-6-12(21)14(23)7-10/h3,5-7,9H,2,4,8H2,1H3,(H,24,25,27). The maximum atomic E-state index is 14.3. The number of nitrogens with one attached hydrogen (secondary N) is 1. The van der Waals surface area contributed by atoms with Crippen molar-refractivity contribution < 1.29 is 13.2 Å². The van der Waals surface area contributed by atoms with Gasteiger partial charge in [0.15, 0.2) is 17.3 Å². The molecule has 9 heteroatoms. The average molecular weight is 406 g/mol. The molecule has 3 aromatic rings. The predicted octanol–water partition coefficient (Wildman–Crippen LogP) is 4.85. The molecule has 2 aromatic heterocycles. The molecule has 1 N–H and O–H groups in total. The summed E-state index contributed by atoms with van der Waals surface area (Å²) in [5.74, 6) is -1.47. The maximum absolute atomic E-state index is 14.3. The molecule has 0 amide bonds. The number of hydrogen-bond donors (Lipinski definition) is 1. The van der Waals surface area contributed by atoms with Crippen LogP contribution in [0.25, 0.3) is 16.7 Å². The van der Waals surface area contributed by atoms with Crippen LogP contribution in [0.4, 0.5) is 19.1 Å². The molecule has 4 rings (SSSR count). The summed E-state index contributed by atoms with van der Waals surface area (Å²) in [6, 6.07) is 3.64. The summed E-state index contributed by atoms with van der Waals surface area (Å²) < 4.78 is 42.3. The zero-order chi connectivity index (χ0) is 19.8.